The predicted molar refractivity (Wildman–Crippen MR) is 109 cm³/mol. The van der Waals surface area contributed by atoms with Crippen molar-refractivity contribution in [1.29, 1.82) is 0 Å². The molecular weight excluding hydrogens is 360 g/mol. The van der Waals surface area contributed by atoms with E-state index in [-0.39, 0.29) is 12.7 Å². The second-order valence-electron chi connectivity index (χ2n) is 6.44. The lowest BCUT2D eigenvalue weighted by molar-refractivity contribution is -0.122. The van der Waals surface area contributed by atoms with Crippen molar-refractivity contribution in [3.63, 3.8) is 0 Å². The first-order valence-electron chi connectivity index (χ1n) is 8.82. The number of amides is 1. The van der Waals surface area contributed by atoms with Crippen molar-refractivity contribution in [3.8, 4) is 11.5 Å². The first-order chi connectivity index (χ1) is 13.0. The van der Waals surface area contributed by atoms with E-state index in [2.05, 4.69) is 19.9 Å². The maximum absolute atomic E-state index is 12.8. The fraction of sp³-hybridized carbons (Fsp3) is 0.238. The molecule has 2 aliphatic rings. The highest BCUT2D eigenvalue weighted by Gasteiger charge is 2.32. The van der Waals surface area contributed by atoms with Gasteiger partial charge in [0.1, 0.15) is 0 Å². The molecule has 0 saturated carbocycles. The maximum Gasteiger partial charge on any atom is 0.266 e. The number of fused-ring (bicyclic) bond motifs is 1. The summed E-state index contributed by atoms with van der Waals surface area (Å²) < 4.78 is 10.8. The fourth-order valence-corrected chi connectivity index (χ4v) is 3.99. The highest BCUT2D eigenvalue weighted by atomic mass is 32.2. The van der Waals surface area contributed by atoms with Crippen molar-refractivity contribution in [2.45, 2.75) is 20.8 Å². The van der Waals surface area contributed by atoms with Gasteiger partial charge >= 0.3 is 0 Å². The summed E-state index contributed by atoms with van der Waals surface area (Å²) in [5, 5.41) is 0.706. The number of hydrogen-bond acceptors (Lipinski definition) is 5. The van der Waals surface area contributed by atoms with Gasteiger partial charge in [0.2, 0.25) is 6.79 Å². The van der Waals surface area contributed by atoms with Crippen LogP contribution in [-0.2, 0) is 4.79 Å². The number of benzene rings is 2. The molecule has 5 nitrogen and oxygen atoms in total. The number of likely N-dealkylation sites (N-methyl/N-ethyl adjacent to an activating group) is 1. The largest absolute Gasteiger partial charge is 0.454 e. The third-order valence-electron chi connectivity index (χ3n) is 4.61. The zero-order valence-electron chi connectivity index (χ0n) is 15.5. The minimum absolute atomic E-state index is 0.0252. The van der Waals surface area contributed by atoms with Gasteiger partial charge in [-0.25, -0.2) is 4.99 Å². The molecule has 138 valence electrons. The minimum atomic E-state index is -0.0252. The third-order valence-corrected chi connectivity index (χ3v) is 5.62. The van der Waals surface area contributed by atoms with Crippen LogP contribution in [0, 0.1) is 13.8 Å². The van der Waals surface area contributed by atoms with Crippen LogP contribution in [0.2, 0.25) is 0 Å². The van der Waals surface area contributed by atoms with Crippen LogP contribution in [0.15, 0.2) is 46.3 Å². The van der Waals surface area contributed by atoms with Gasteiger partial charge in [-0.1, -0.05) is 12.1 Å². The van der Waals surface area contributed by atoms with Crippen LogP contribution < -0.4 is 9.47 Å². The maximum atomic E-state index is 12.8. The van der Waals surface area contributed by atoms with E-state index in [0.29, 0.717) is 22.4 Å². The van der Waals surface area contributed by atoms with Gasteiger partial charge in [-0.2, -0.15) is 0 Å². The lowest BCUT2D eigenvalue weighted by Crippen LogP contribution is -2.28. The summed E-state index contributed by atoms with van der Waals surface area (Å²) >= 11 is 1.40. The molecule has 2 aromatic carbocycles. The summed E-state index contributed by atoms with van der Waals surface area (Å²) in [4.78, 5) is 19.9. The monoisotopic (exact) mass is 380 g/mol. The smallest absolute Gasteiger partial charge is 0.266 e. The van der Waals surface area contributed by atoms with Crippen LogP contribution in [0.1, 0.15) is 23.6 Å². The first kappa shape index (κ1) is 17.7. The first-order valence-corrected chi connectivity index (χ1v) is 9.64. The van der Waals surface area contributed by atoms with Crippen molar-refractivity contribution in [2.24, 2.45) is 4.99 Å². The Kier molecular flexibility index (Phi) is 4.66. The number of carbonyl (C=O) groups is 1. The SMILES string of the molecule is CCN1C(=O)/C(=C/c2ccc3c(c2)OCO3)SC1=Nc1ccc(C)c(C)c1. The van der Waals surface area contributed by atoms with Gasteiger partial charge in [0.25, 0.3) is 5.91 Å². The molecule has 0 atom stereocenters. The van der Waals surface area contributed by atoms with E-state index in [1.807, 2.05) is 43.3 Å². The molecule has 0 radical (unpaired) electrons. The Morgan fingerprint density at radius 2 is 1.93 bits per heavy atom. The van der Waals surface area contributed by atoms with Gasteiger partial charge in [0.05, 0.1) is 10.6 Å². The van der Waals surface area contributed by atoms with Crippen LogP contribution in [0.5, 0.6) is 11.5 Å². The molecule has 6 heteroatoms. The zero-order valence-corrected chi connectivity index (χ0v) is 16.3. The standard InChI is InChI=1S/C21H20N2O3S/c1-4-23-20(24)19(11-15-6-8-17-18(10-15)26-12-25-17)27-21(23)22-16-7-5-13(2)14(3)9-16/h5-11H,4,12H2,1-3H3/b19-11-,22-21?. The number of carbonyl (C=O) groups excluding carboxylic acids is 1. The van der Waals surface area contributed by atoms with E-state index >= 15 is 0 Å². The summed E-state index contributed by atoms with van der Waals surface area (Å²) in [5.41, 5.74) is 4.17. The molecule has 2 aromatic rings. The Labute approximate surface area is 162 Å². The lowest BCUT2D eigenvalue weighted by Gasteiger charge is -2.12. The van der Waals surface area contributed by atoms with Crippen molar-refractivity contribution in [1.82, 2.24) is 4.90 Å². The van der Waals surface area contributed by atoms with Crippen molar-refractivity contribution in [2.75, 3.05) is 13.3 Å². The van der Waals surface area contributed by atoms with Crippen LogP contribution in [0.3, 0.4) is 0 Å². The number of rotatable bonds is 3. The highest BCUT2D eigenvalue weighted by molar-refractivity contribution is 8.18. The second kappa shape index (κ2) is 7.12. The van der Waals surface area contributed by atoms with Crippen LogP contribution in [-0.4, -0.2) is 29.3 Å². The summed E-state index contributed by atoms with van der Waals surface area (Å²) in [6.45, 7) is 6.91. The van der Waals surface area contributed by atoms with Crippen LogP contribution in [0.25, 0.3) is 6.08 Å². The molecule has 0 aliphatic carbocycles. The van der Waals surface area contributed by atoms with Crippen LogP contribution in [0.4, 0.5) is 5.69 Å². The lowest BCUT2D eigenvalue weighted by atomic mass is 10.1. The Hall–Kier alpha value is -2.73. The Bertz CT molecular complexity index is 981. The summed E-state index contributed by atoms with van der Waals surface area (Å²) in [5.74, 6) is 1.41. The molecule has 1 fully saturated rings. The highest BCUT2D eigenvalue weighted by Crippen LogP contribution is 2.37. The number of aryl methyl sites for hydroxylation is 2. The van der Waals surface area contributed by atoms with Crippen molar-refractivity contribution >= 4 is 34.6 Å². The van der Waals surface area contributed by atoms with Crippen molar-refractivity contribution in [3.05, 3.63) is 58.0 Å². The molecule has 27 heavy (non-hydrogen) atoms. The zero-order chi connectivity index (χ0) is 19.0. The van der Waals surface area contributed by atoms with E-state index in [4.69, 9.17) is 14.5 Å². The van der Waals surface area contributed by atoms with Gasteiger partial charge < -0.3 is 9.47 Å². The normalized spacial score (nSPS) is 18.8. The molecule has 0 unspecified atom stereocenters. The molecule has 0 bridgehead atoms. The fourth-order valence-electron chi connectivity index (χ4n) is 2.93. The predicted octanol–water partition coefficient (Wildman–Crippen LogP) is 4.66. The number of nitrogens with zero attached hydrogens (tertiary/aromatic N) is 2. The van der Waals surface area contributed by atoms with E-state index in [9.17, 15) is 4.79 Å². The summed E-state index contributed by atoms with van der Waals surface area (Å²) in [6.07, 6.45) is 1.88. The molecule has 1 saturated heterocycles. The number of thioether (sulfide) groups is 1. The average molecular weight is 380 g/mol. The Balaban J connectivity index is 1.65. The quantitative estimate of drug-likeness (QED) is 0.727. The minimum Gasteiger partial charge on any atom is -0.454 e. The Morgan fingerprint density at radius 1 is 1.11 bits per heavy atom. The summed E-state index contributed by atoms with van der Waals surface area (Å²) in [7, 11) is 0. The topological polar surface area (TPSA) is 51.1 Å². The number of amidine groups is 1. The van der Waals surface area contributed by atoms with E-state index in [1.54, 1.807) is 4.90 Å². The molecule has 0 spiro atoms. The van der Waals surface area contributed by atoms with Crippen molar-refractivity contribution < 1.29 is 14.3 Å². The van der Waals surface area contributed by atoms with Crippen LogP contribution >= 0.6 is 11.8 Å². The average Bonchev–Trinajstić information content (AvgIpc) is 3.22. The molecule has 2 heterocycles. The van der Waals surface area contributed by atoms with E-state index in [1.165, 1.54) is 22.9 Å². The molecule has 0 N–H and O–H groups in total. The number of aliphatic imine (C=N–C) groups is 1. The number of hydrogen-bond donors (Lipinski definition) is 0. The van der Waals surface area contributed by atoms with Gasteiger partial charge in [-0.15, -0.1) is 0 Å². The summed E-state index contributed by atoms with van der Waals surface area (Å²) in [6, 6.07) is 11.7. The van der Waals surface area contributed by atoms with Gasteiger partial charge in [0, 0.05) is 6.54 Å². The van der Waals surface area contributed by atoms with Gasteiger partial charge in [-0.3, -0.25) is 9.69 Å². The third kappa shape index (κ3) is 3.45. The second-order valence-corrected chi connectivity index (χ2v) is 7.44. The van der Waals surface area contributed by atoms with Gasteiger partial charge in [-0.05, 0) is 79.6 Å². The van der Waals surface area contributed by atoms with E-state index < -0.39 is 0 Å². The van der Waals surface area contributed by atoms with E-state index in [0.717, 1.165) is 17.0 Å². The molecular formula is C21H20N2O3S. The molecule has 4 rings (SSSR count). The number of ether oxygens (including phenoxy) is 2. The molecule has 2 aliphatic heterocycles. The molecule has 0 aromatic heterocycles. The van der Waals surface area contributed by atoms with Gasteiger partial charge in [0.15, 0.2) is 16.7 Å². The Morgan fingerprint density at radius 3 is 2.70 bits per heavy atom. The molecule has 1 amide bonds.